The molecular formula is C31H42N2O6S. The molecule has 0 spiro atoms. The third-order valence-corrected chi connectivity index (χ3v) is 7.70. The van der Waals surface area contributed by atoms with Crippen LogP contribution in [0.1, 0.15) is 52.4 Å². The first-order valence-electron chi connectivity index (χ1n) is 13.4. The Balaban J connectivity index is 2.10. The Bertz CT molecular complexity index is 1200. The third kappa shape index (κ3) is 7.79. The zero-order valence-corrected chi connectivity index (χ0v) is 25.8. The molecule has 1 aliphatic heterocycles. The molecule has 0 saturated carbocycles. The van der Waals surface area contributed by atoms with Gasteiger partial charge in [0.15, 0.2) is 6.10 Å². The summed E-state index contributed by atoms with van der Waals surface area (Å²) in [5.74, 6) is -0.506. The third-order valence-electron chi connectivity index (χ3n) is 6.33. The maximum absolute atomic E-state index is 14.4. The maximum atomic E-state index is 14.4. The van der Waals surface area contributed by atoms with E-state index in [0.29, 0.717) is 18.0 Å². The number of benzene rings is 2. The summed E-state index contributed by atoms with van der Waals surface area (Å²) in [4.78, 5) is 44.9. The number of hydrogen-bond donors (Lipinski definition) is 0. The molecule has 0 fully saturated rings. The minimum absolute atomic E-state index is 0.106. The van der Waals surface area contributed by atoms with Crippen molar-refractivity contribution in [2.45, 2.75) is 63.9 Å². The summed E-state index contributed by atoms with van der Waals surface area (Å²) in [6, 6.07) is 15.0. The summed E-state index contributed by atoms with van der Waals surface area (Å²) in [6.45, 7) is 11.2. The lowest BCUT2D eigenvalue weighted by Gasteiger charge is -2.33. The number of esters is 2. The lowest BCUT2D eigenvalue weighted by Crippen LogP contribution is -2.49. The van der Waals surface area contributed by atoms with E-state index in [9.17, 15) is 14.4 Å². The highest BCUT2D eigenvalue weighted by Gasteiger charge is 2.43. The average Bonchev–Trinajstić information content (AvgIpc) is 2.97. The van der Waals surface area contributed by atoms with Crippen LogP contribution in [0.4, 0.5) is 5.69 Å². The Morgan fingerprint density at radius 1 is 0.950 bits per heavy atom. The topological polar surface area (TPSA) is 85.4 Å². The summed E-state index contributed by atoms with van der Waals surface area (Å²) in [7, 11) is 5.37. The summed E-state index contributed by atoms with van der Waals surface area (Å²) >= 11 is 1.47. The first kappa shape index (κ1) is 31.5. The molecule has 2 aromatic rings. The molecule has 0 N–H and O–H groups in total. The van der Waals surface area contributed by atoms with Crippen molar-refractivity contribution >= 4 is 35.3 Å². The number of anilines is 1. The van der Waals surface area contributed by atoms with E-state index in [1.54, 1.807) is 53.6 Å². The molecule has 0 radical (unpaired) electrons. The highest BCUT2D eigenvalue weighted by molar-refractivity contribution is 7.99. The van der Waals surface area contributed by atoms with Gasteiger partial charge in [-0.3, -0.25) is 14.4 Å². The quantitative estimate of drug-likeness (QED) is 0.393. The highest BCUT2D eigenvalue weighted by atomic mass is 32.2. The number of nitrogens with zero attached hydrogens (tertiary/aromatic N) is 2. The van der Waals surface area contributed by atoms with Gasteiger partial charge in [-0.2, -0.15) is 0 Å². The van der Waals surface area contributed by atoms with Crippen molar-refractivity contribution in [2.24, 2.45) is 10.8 Å². The van der Waals surface area contributed by atoms with E-state index >= 15 is 0 Å². The van der Waals surface area contributed by atoms with Crippen molar-refractivity contribution < 1.29 is 28.6 Å². The Morgan fingerprint density at radius 2 is 1.55 bits per heavy atom. The van der Waals surface area contributed by atoms with Crippen LogP contribution in [-0.4, -0.2) is 69.2 Å². The molecule has 40 heavy (non-hydrogen) atoms. The lowest BCUT2D eigenvalue weighted by molar-refractivity contribution is -0.163. The van der Waals surface area contributed by atoms with Crippen LogP contribution in [0.3, 0.4) is 0 Å². The first-order chi connectivity index (χ1) is 18.6. The van der Waals surface area contributed by atoms with Crippen LogP contribution >= 0.6 is 11.8 Å². The largest absolute Gasteiger partial charge is 0.497 e. The number of methoxy groups -OCH3 is 1. The molecule has 2 aromatic carbocycles. The second-order valence-electron chi connectivity index (χ2n) is 12.3. The molecule has 9 heteroatoms. The Labute approximate surface area is 242 Å². The van der Waals surface area contributed by atoms with Gasteiger partial charge in [0.25, 0.3) is 5.91 Å². The lowest BCUT2D eigenvalue weighted by atomic mass is 9.97. The maximum Gasteiger partial charge on any atom is 0.312 e. The van der Waals surface area contributed by atoms with Gasteiger partial charge in [0.05, 0.1) is 35.4 Å². The van der Waals surface area contributed by atoms with E-state index in [-0.39, 0.29) is 18.4 Å². The van der Waals surface area contributed by atoms with Crippen molar-refractivity contribution in [3.05, 3.63) is 54.1 Å². The van der Waals surface area contributed by atoms with E-state index < -0.39 is 34.3 Å². The molecule has 1 heterocycles. The molecule has 0 bridgehead atoms. The zero-order valence-electron chi connectivity index (χ0n) is 25.0. The smallest absolute Gasteiger partial charge is 0.312 e. The van der Waals surface area contributed by atoms with E-state index in [1.165, 1.54) is 11.8 Å². The summed E-state index contributed by atoms with van der Waals surface area (Å²) in [5.41, 5.74) is -0.00660. The van der Waals surface area contributed by atoms with Crippen LogP contribution < -0.4 is 9.64 Å². The molecule has 0 aliphatic carbocycles. The SMILES string of the molecule is COc1ccc([C@H]2Sc3ccccc3N(CC(CN(C)C)OC(=O)C(C)(C)C)C(=O)[C@H]2OC(=O)C(C)(C)C)cc1. The number of carbonyl (C=O) groups is 3. The van der Waals surface area contributed by atoms with Crippen LogP contribution in [0.5, 0.6) is 5.75 Å². The van der Waals surface area contributed by atoms with Crippen molar-refractivity contribution in [1.29, 1.82) is 0 Å². The predicted molar refractivity (Wildman–Crippen MR) is 158 cm³/mol. The van der Waals surface area contributed by atoms with Gasteiger partial charge in [-0.1, -0.05) is 24.3 Å². The molecule has 0 saturated heterocycles. The molecule has 1 aliphatic rings. The zero-order chi connectivity index (χ0) is 29.8. The fraction of sp³-hybridized carbons (Fsp3) is 0.516. The van der Waals surface area contributed by atoms with Crippen molar-refractivity contribution in [2.75, 3.05) is 39.2 Å². The number of rotatable bonds is 8. The van der Waals surface area contributed by atoms with E-state index in [2.05, 4.69) is 0 Å². The summed E-state index contributed by atoms with van der Waals surface area (Å²) in [5, 5.41) is -0.514. The van der Waals surface area contributed by atoms with Crippen LogP contribution in [0.25, 0.3) is 0 Å². The van der Waals surface area contributed by atoms with Crippen LogP contribution in [-0.2, 0) is 23.9 Å². The van der Waals surface area contributed by atoms with Gasteiger partial charge in [-0.25, -0.2) is 0 Å². The van der Waals surface area contributed by atoms with Gasteiger partial charge < -0.3 is 24.0 Å². The van der Waals surface area contributed by atoms with Crippen molar-refractivity contribution in [1.82, 2.24) is 4.90 Å². The predicted octanol–water partition coefficient (Wildman–Crippen LogP) is 5.35. The van der Waals surface area contributed by atoms with Crippen LogP contribution in [0.15, 0.2) is 53.4 Å². The second-order valence-corrected chi connectivity index (χ2v) is 13.5. The standard InChI is InChI=1S/C31H42N2O6S/c1-30(2,3)28(35)38-22(18-32(7)8)19-33-23-12-10-11-13-24(23)40-26(20-14-16-21(37-9)17-15-20)25(27(33)34)39-29(36)31(4,5)6/h10-17,22,25-26H,18-19H2,1-9H3/t22?,25-,26+/m0/s1. The Kier molecular flexibility index (Phi) is 9.95. The van der Waals surface area contributed by atoms with E-state index in [4.69, 9.17) is 14.2 Å². The molecule has 1 unspecified atom stereocenters. The number of amides is 1. The fourth-order valence-electron chi connectivity index (χ4n) is 4.08. The molecular weight excluding hydrogens is 528 g/mol. The molecule has 3 atom stereocenters. The fourth-order valence-corrected chi connectivity index (χ4v) is 5.40. The first-order valence-corrected chi connectivity index (χ1v) is 14.3. The van der Waals surface area contributed by atoms with Crippen molar-refractivity contribution in [3.63, 3.8) is 0 Å². The number of hydrogen-bond acceptors (Lipinski definition) is 8. The van der Waals surface area contributed by atoms with E-state index in [0.717, 1.165) is 10.5 Å². The summed E-state index contributed by atoms with van der Waals surface area (Å²) in [6.07, 6.45) is -1.73. The number of ether oxygens (including phenoxy) is 3. The number of thioether (sulfide) groups is 1. The molecule has 8 nitrogen and oxygen atoms in total. The van der Waals surface area contributed by atoms with Gasteiger partial charge in [0, 0.05) is 11.4 Å². The number of likely N-dealkylation sites (N-methyl/N-ethyl adjacent to an activating group) is 1. The van der Waals surface area contributed by atoms with Crippen LogP contribution in [0, 0.1) is 10.8 Å². The molecule has 3 rings (SSSR count). The number of para-hydroxylation sites is 1. The Morgan fingerprint density at radius 3 is 2.10 bits per heavy atom. The summed E-state index contributed by atoms with van der Waals surface area (Å²) < 4.78 is 17.3. The normalized spacial score (nSPS) is 18.6. The van der Waals surface area contributed by atoms with E-state index in [1.807, 2.05) is 67.5 Å². The monoisotopic (exact) mass is 570 g/mol. The Hall–Kier alpha value is -3.04. The molecule has 218 valence electrons. The van der Waals surface area contributed by atoms with Gasteiger partial charge in [-0.05, 0) is 85.5 Å². The second kappa shape index (κ2) is 12.6. The molecule has 0 aromatic heterocycles. The van der Waals surface area contributed by atoms with Gasteiger partial charge >= 0.3 is 11.9 Å². The van der Waals surface area contributed by atoms with Gasteiger partial charge in [0.2, 0.25) is 0 Å². The average molecular weight is 571 g/mol. The minimum atomic E-state index is -1.11. The minimum Gasteiger partial charge on any atom is -0.497 e. The van der Waals surface area contributed by atoms with Gasteiger partial charge in [0.1, 0.15) is 11.9 Å². The number of carbonyl (C=O) groups excluding carboxylic acids is 3. The molecule has 1 amide bonds. The highest BCUT2D eigenvalue weighted by Crippen LogP contribution is 2.47. The van der Waals surface area contributed by atoms with Crippen molar-refractivity contribution in [3.8, 4) is 5.75 Å². The number of fused-ring (bicyclic) bond motifs is 1. The van der Waals surface area contributed by atoms with Gasteiger partial charge in [-0.15, -0.1) is 11.8 Å². The van der Waals surface area contributed by atoms with Crippen LogP contribution in [0.2, 0.25) is 0 Å².